The monoisotopic (exact) mass is 247 g/mol. The molecule has 0 N–H and O–H groups in total. The summed E-state index contributed by atoms with van der Waals surface area (Å²) in [5.74, 6) is 0. The highest BCUT2D eigenvalue weighted by Gasteiger charge is 2.11. The molecule has 0 aliphatic heterocycles. The van der Waals surface area contributed by atoms with Gasteiger partial charge in [0.25, 0.3) is 5.69 Å². The zero-order valence-electron chi connectivity index (χ0n) is 8.87. The Hall–Kier alpha value is -1.93. The summed E-state index contributed by atoms with van der Waals surface area (Å²) in [6, 6.07) is 14.9. The average molecular weight is 247 g/mol. The number of non-ortho nitro benzene ring substituents is 1. The lowest BCUT2D eigenvalue weighted by molar-refractivity contribution is -0.384. The Kier molecular flexibility index (Phi) is 3.35. The number of hydrogen-bond acceptors (Lipinski definition) is 3. The third kappa shape index (κ3) is 2.60. The quantitative estimate of drug-likeness (QED) is 0.474. The molecule has 1 atom stereocenters. The molecule has 0 amide bonds. The molecule has 17 heavy (non-hydrogen) atoms. The lowest BCUT2D eigenvalue weighted by atomic mass is 10.3. The van der Waals surface area contributed by atoms with Crippen LogP contribution in [0.4, 0.5) is 5.69 Å². The van der Waals surface area contributed by atoms with Crippen molar-refractivity contribution in [3.63, 3.8) is 0 Å². The number of hydrogen-bond donors (Lipinski definition) is 0. The maximum Gasteiger partial charge on any atom is 0.270 e. The summed E-state index contributed by atoms with van der Waals surface area (Å²) in [7, 11) is -2.15. The first kappa shape index (κ1) is 11.6. The van der Waals surface area contributed by atoms with E-state index >= 15 is 0 Å². The SMILES string of the molecule is O=[N+]([O-])c1cccc([PH](=O)c2ccccc2)c1. The summed E-state index contributed by atoms with van der Waals surface area (Å²) in [5, 5.41) is 11.8. The van der Waals surface area contributed by atoms with Gasteiger partial charge in [-0.3, -0.25) is 10.1 Å². The summed E-state index contributed by atoms with van der Waals surface area (Å²) in [6.07, 6.45) is 0. The van der Waals surface area contributed by atoms with Crippen LogP contribution >= 0.6 is 7.80 Å². The third-order valence-electron chi connectivity index (χ3n) is 2.36. The van der Waals surface area contributed by atoms with Gasteiger partial charge in [-0.15, -0.1) is 0 Å². The lowest BCUT2D eigenvalue weighted by Gasteiger charge is -2.02. The summed E-state index contributed by atoms with van der Waals surface area (Å²) in [5.41, 5.74) is -0.0308. The molecule has 2 aromatic carbocycles. The Morgan fingerprint density at radius 3 is 2.24 bits per heavy atom. The molecule has 0 saturated heterocycles. The molecule has 86 valence electrons. The van der Waals surface area contributed by atoms with E-state index in [0.29, 0.717) is 10.6 Å². The largest absolute Gasteiger partial charge is 0.317 e. The van der Waals surface area contributed by atoms with Crippen LogP contribution in [0.2, 0.25) is 0 Å². The summed E-state index contributed by atoms with van der Waals surface area (Å²) in [6.45, 7) is 0. The van der Waals surface area contributed by atoms with E-state index in [1.807, 2.05) is 6.07 Å². The lowest BCUT2D eigenvalue weighted by Crippen LogP contribution is -2.06. The van der Waals surface area contributed by atoms with E-state index < -0.39 is 12.7 Å². The molecular formula is C12H10NO3P. The van der Waals surface area contributed by atoms with Gasteiger partial charge < -0.3 is 4.57 Å². The first-order valence-electron chi connectivity index (χ1n) is 5.02. The van der Waals surface area contributed by atoms with Crippen molar-refractivity contribution >= 4 is 24.1 Å². The van der Waals surface area contributed by atoms with Gasteiger partial charge >= 0.3 is 0 Å². The highest BCUT2D eigenvalue weighted by Crippen LogP contribution is 2.21. The summed E-state index contributed by atoms with van der Waals surface area (Å²) in [4.78, 5) is 10.1. The highest BCUT2D eigenvalue weighted by atomic mass is 31.1. The summed E-state index contributed by atoms with van der Waals surface area (Å²) < 4.78 is 12.2. The van der Waals surface area contributed by atoms with E-state index in [2.05, 4.69) is 0 Å². The van der Waals surface area contributed by atoms with Crippen molar-refractivity contribution in [2.45, 2.75) is 0 Å². The first-order chi connectivity index (χ1) is 8.18. The average Bonchev–Trinajstić information content (AvgIpc) is 2.39. The van der Waals surface area contributed by atoms with E-state index in [-0.39, 0.29) is 5.69 Å². The van der Waals surface area contributed by atoms with Gasteiger partial charge in [0.05, 0.1) is 4.92 Å². The summed E-state index contributed by atoms with van der Waals surface area (Å²) >= 11 is 0. The zero-order valence-corrected chi connectivity index (χ0v) is 9.87. The molecule has 0 aliphatic rings. The smallest absolute Gasteiger partial charge is 0.270 e. The van der Waals surface area contributed by atoms with Crippen molar-refractivity contribution in [1.29, 1.82) is 0 Å². The van der Waals surface area contributed by atoms with Gasteiger partial charge in [0, 0.05) is 22.7 Å². The van der Waals surface area contributed by atoms with Gasteiger partial charge in [0.15, 0.2) is 0 Å². The molecule has 0 saturated carbocycles. The Bertz CT molecular complexity index is 569. The minimum Gasteiger partial charge on any atom is -0.317 e. The molecular weight excluding hydrogens is 237 g/mol. The van der Waals surface area contributed by atoms with E-state index in [4.69, 9.17) is 0 Å². The fourth-order valence-corrected chi connectivity index (χ4v) is 2.87. The molecule has 1 unspecified atom stereocenters. The van der Waals surface area contributed by atoms with E-state index in [0.717, 1.165) is 0 Å². The number of nitro benzene ring substituents is 1. The number of benzene rings is 2. The zero-order chi connectivity index (χ0) is 12.3. The topological polar surface area (TPSA) is 60.2 Å². The van der Waals surface area contributed by atoms with Gasteiger partial charge in [-0.25, -0.2) is 0 Å². The molecule has 0 radical (unpaired) electrons. The van der Waals surface area contributed by atoms with Crippen molar-refractivity contribution in [3.8, 4) is 0 Å². The fraction of sp³-hybridized carbons (Fsp3) is 0. The second-order valence-electron chi connectivity index (χ2n) is 3.50. The van der Waals surface area contributed by atoms with Crippen LogP contribution in [0.3, 0.4) is 0 Å². The van der Waals surface area contributed by atoms with Crippen molar-refractivity contribution in [1.82, 2.24) is 0 Å². The van der Waals surface area contributed by atoms with Crippen LogP contribution in [0, 0.1) is 10.1 Å². The van der Waals surface area contributed by atoms with Crippen LogP contribution in [-0.2, 0) is 4.57 Å². The van der Waals surface area contributed by atoms with E-state index in [9.17, 15) is 14.7 Å². The van der Waals surface area contributed by atoms with Crippen molar-refractivity contribution in [2.24, 2.45) is 0 Å². The van der Waals surface area contributed by atoms with Gasteiger partial charge in [-0.05, 0) is 0 Å². The minimum atomic E-state index is -2.15. The molecule has 0 fully saturated rings. The number of nitrogens with zero attached hydrogens (tertiary/aromatic N) is 1. The Balaban J connectivity index is 2.38. The van der Waals surface area contributed by atoms with Crippen molar-refractivity contribution in [3.05, 3.63) is 64.7 Å². The van der Waals surface area contributed by atoms with Crippen LogP contribution in [0.15, 0.2) is 54.6 Å². The number of nitro groups is 1. The Labute approximate surface area is 98.8 Å². The minimum absolute atomic E-state index is 0.0308. The highest BCUT2D eigenvalue weighted by molar-refractivity contribution is 7.61. The van der Waals surface area contributed by atoms with Crippen LogP contribution in [0.1, 0.15) is 0 Å². The predicted molar refractivity (Wildman–Crippen MR) is 67.8 cm³/mol. The van der Waals surface area contributed by atoms with Crippen LogP contribution in [-0.4, -0.2) is 4.92 Å². The molecule has 0 bridgehead atoms. The van der Waals surface area contributed by atoms with Crippen molar-refractivity contribution < 1.29 is 9.49 Å². The molecule has 0 spiro atoms. The molecule has 2 rings (SSSR count). The predicted octanol–water partition coefficient (Wildman–Crippen LogP) is 2.11. The molecule has 2 aromatic rings. The van der Waals surface area contributed by atoms with Crippen LogP contribution in [0.5, 0.6) is 0 Å². The first-order valence-corrected chi connectivity index (χ1v) is 6.43. The fourth-order valence-electron chi connectivity index (χ4n) is 1.52. The molecule has 0 heterocycles. The van der Waals surface area contributed by atoms with Gasteiger partial charge in [-0.2, -0.15) is 0 Å². The van der Waals surface area contributed by atoms with Crippen molar-refractivity contribution in [2.75, 3.05) is 0 Å². The van der Waals surface area contributed by atoms with Crippen LogP contribution in [0.25, 0.3) is 0 Å². The van der Waals surface area contributed by atoms with E-state index in [1.54, 1.807) is 36.4 Å². The third-order valence-corrected chi connectivity index (χ3v) is 4.05. The second kappa shape index (κ2) is 4.93. The second-order valence-corrected chi connectivity index (χ2v) is 5.32. The molecule has 0 aliphatic carbocycles. The molecule has 4 nitrogen and oxygen atoms in total. The maximum absolute atomic E-state index is 12.2. The number of rotatable bonds is 3. The van der Waals surface area contributed by atoms with Gasteiger partial charge in [0.2, 0.25) is 0 Å². The Morgan fingerprint density at radius 2 is 1.59 bits per heavy atom. The Morgan fingerprint density at radius 1 is 0.941 bits per heavy atom. The molecule has 5 heteroatoms. The molecule has 0 aromatic heterocycles. The van der Waals surface area contributed by atoms with Crippen LogP contribution < -0.4 is 10.6 Å². The normalized spacial score (nSPS) is 12.0. The standard InChI is InChI=1S/C12H10NO3P/c14-13(15)10-5-4-8-12(9-10)17(16)11-6-2-1-3-7-11/h1-9,17H. The maximum atomic E-state index is 12.2. The van der Waals surface area contributed by atoms with Gasteiger partial charge in [0.1, 0.15) is 7.80 Å². The van der Waals surface area contributed by atoms with Gasteiger partial charge in [-0.1, -0.05) is 42.5 Å². The van der Waals surface area contributed by atoms with E-state index in [1.165, 1.54) is 12.1 Å².